The van der Waals surface area contributed by atoms with Gasteiger partial charge in [0.2, 0.25) is 0 Å². The molecule has 0 bridgehead atoms. The number of likely N-dealkylation sites (tertiary alicyclic amines) is 1. The Balaban J connectivity index is 1.61. The highest BCUT2D eigenvalue weighted by Gasteiger charge is 2.22. The zero-order valence-electron chi connectivity index (χ0n) is 11.4. The van der Waals surface area contributed by atoms with Crippen molar-refractivity contribution in [3.8, 4) is 0 Å². The van der Waals surface area contributed by atoms with Gasteiger partial charge in [-0.05, 0) is 64.8 Å². The molecule has 2 heterocycles. The Kier molecular flexibility index (Phi) is 5.75. The molecule has 0 aliphatic carbocycles. The van der Waals surface area contributed by atoms with E-state index < -0.39 is 0 Å². The Labute approximate surface area is 106 Å². The molecule has 100 valence electrons. The van der Waals surface area contributed by atoms with Gasteiger partial charge in [-0.2, -0.15) is 0 Å². The van der Waals surface area contributed by atoms with Gasteiger partial charge in [-0.25, -0.2) is 0 Å². The van der Waals surface area contributed by atoms with Crippen LogP contribution in [0.25, 0.3) is 0 Å². The summed E-state index contributed by atoms with van der Waals surface area (Å²) in [6.07, 6.45) is 8.03. The van der Waals surface area contributed by atoms with E-state index in [2.05, 4.69) is 22.5 Å². The first-order valence-electron chi connectivity index (χ1n) is 7.57. The third-order valence-corrected chi connectivity index (χ3v) is 4.23. The van der Waals surface area contributed by atoms with Crippen molar-refractivity contribution in [2.75, 3.05) is 32.7 Å². The summed E-state index contributed by atoms with van der Waals surface area (Å²) < 4.78 is 0. The maximum Gasteiger partial charge on any atom is 0.00940 e. The summed E-state index contributed by atoms with van der Waals surface area (Å²) in [5.41, 5.74) is 0. The molecule has 0 amide bonds. The van der Waals surface area contributed by atoms with Crippen LogP contribution in [0.5, 0.6) is 0 Å². The van der Waals surface area contributed by atoms with Crippen molar-refractivity contribution in [2.24, 2.45) is 0 Å². The van der Waals surface area contributed by atoms with Gasteiger partial charge in [0.05, 0.1) is 0 Å². The number of unbranched alkanes of at least 4 members (excludes halogenated alkanes) is 1. The number of rotatable bonds is 5. The summed E-state index contributed by atoms with van der Waals surface area (Å²) in [6.45, 7) is 8.62. The maximum absolute atomic E-state index is 3.87. The molecule has 0 radical (unpaired) electrons. The summed E-state index contributed by atoms with van der Waals surface area (Å²) in [5.74, 6) is 0. The Hall–Kier alpha value is -0.120. The van der Waals surface area contributed by atoms with Crippen LogP contribution in [0.15, 0.2) is 0 Å². The van der Waals surface area contributed by atoms with Crippen molar-refractivity contribution in [1.29, 1.82) is 0 Å². The summed E-state index contributed by atoms with van der Waals surface area (Å²) in [6, 6.07) is 1.57. The SMILES string of the molecule is CCCCN1CCC(NC2CCNCC2)CC1. The third-order valence-electron chi connectivity index (χ3n) is 4.23. The minimum Gasteiger partial charge on any atom is -0.317 e. The average molecular weight is 239 g/mol. The van der Waals surface area contributed by atoms with Gasteiger partial charge in [-0.3, -0.25) is 0 Å². The number of hydrogen-bond donors (Lipinski definition) is 2. The molecule has 0 atom stereocenters. The van der Waals surface area contributed by atoms with E-state index in [1.54, 1.807) is 0 Å². The standard InChI is InChI=1S/C14H29N3/c1-2-3-10-17-11-6-14(7-12-17)16-13-4-8-15-9-5-13/h13-16H,2-12H2,1H3. The monoisotopic (exact) mass is 239 g/mol. The van der Waals surface area contributed by atoms with Crippen LogP contribution in [0.1, 0.15) is 45.4 Å². The largest absolute Gasteiger partial charge is 0.317 e. The second kappa shape index (κ2) is 7.34. The lowest BCUT2D eigenvalue weighted by atomic mass is 10.00. The van der Waals surface area contributed by atoms with E-state index in [-0.39, 0.29) is 0 Å². The highest BCUT2D eigenvalue weighted by Crippen LogP contribution is 2.13. The van der Waals surface area contributed by atoms with Crippen molar-refractivity contribution >= 4 is 0 Å². The van der Waals surface area contributed by atoms with Crippen LogP contribution in [0.2, 0.25) is 0 Å². The molecular formula is C14H29N3. The first-order chi connectivity index (χ1) is 8.38. The van der Waals surface area contributed by atoms with Crippen molar-refractivity contribution in [1.82, 2.24) is 15.5 Å². The molecule has 0 aromatic carbocycles. The fraction of sp³-hybridized carbons (Fsp3) is 1.00. The fourth-order valence-corrected chi connectivity index (χ4v) is 3.03. The zero-order chi connectivity index (χ0) is 11.9. The van der Waals surface area contributed by atoms with Crippen LogP contribution in [-0.4, -0.2) is 49.7 Å². The summed E-state index contributed by atoms with van der Waals surface area (Å²) in [7, 11) is 0. The first kappa shape index (κ1) is 13.3. The van der Waals surface area contributed by atoms with Gasteiger partial charge in [0.15, 0.2) is 0 Å². The van der Waals surface area contributed by atoms with Crippen LogP contribution < -0.4 is 10.6 Å². The fourth-order valence-electron chi connectivity index (χ4n) is 3.03. The molecule has 0 spiro atoms. The molecular weight excluding hydrogens is 210 g/mol. The Morgan fingerprint density at radius 1 is 1.06 bits per heavy atom. The Morgan fingerprint density at radius 2 is 1.71 bits per heavy atom. The predicted octanol–water partition coefficient (Wildman–Crippen LogP) is 1.59. The number of nitrogens with one attached hydrogen (secondary N) is 2. The quantitative estimate of drug-likeness (QED) is 0.763. The van der Waals surface area contributed by atoms with Crippen LogP contribution in [0.4, 0.5) is 0 Å². The Morgan fingerprint density at radius 3 is 2.35 bits per heavy atom. The summed E-state index contributed by atoms with van der Waals surface area (Å²) in [5, 5.41) is 7.30. The van der Waals surface area contributed by atoms with Crippen LogP contribution in [0, 0.1) is 0 Å². The van der Waals surface area contributed by atoms with E-state index in [1.807, 2.05) is 0 Å². The molecule has 0 aromatic rings. The smallest absolute Gasteiger partial charge is 0.00940 e. The summed E-state index contributed by atoms with van der Waals surface area (Å²) in [4.78, 5) is 2.64. The molecule has 3 nitrogen and oxygen atoms in total. The lowest BCUT2D eigenvalue weighted by Gasteiger charge is -2.35. The topological polar surface area (TPSA) is 27.3 Å². The molecule has 0 aromatic heterocycles. The highest BCUT2D eigenvalue weighted by molar-refractivity contribution is 4.83. The number of nitrogens with zero attached hydrogens (tertiary/aromatic N) is 1. The Bertz CT molecular complexity index is 194. The highest BCUT2D eigenvalue weighted by atomic mass is 15.1. The average Bonchev–Trinajstić information content (AvgIpc) is 2.39. The van der Waals surface area contributed by atoms with Crippen molar-refractivity contribution < 1.29 is 0 Å². The molecule has 2 N–H and O–H groups in total. The van der Waals surface area contributed by atoms with Crippen LogP contribution in [0.3, 0.4) is 0 Å². The predicted molar refractivity (Wildman–Crippen MR) is 73.4 cm³/mol. The molecule has 17 heavy (non-hydrogen) atoms. The number of piperidine rings is 2. The minimum absolute atomic E-state index is 0.781. The van der Waals surface area contributed by atoms with E-state index in [4.69, 9.17) is 0 Å². The van der Waals surface area contributed by atoms with Gasteiger partial charge in [-0.15, -0.1) is 0 Å². The second-order valence-corrected chi connectivity index (χ2v) is 5.66. The van der Waals surface area contributed by atoms with E-state index in [0.29, 0.717) is 0 Å². The van der Waals surface area contributed by atoms with E-state index in [9.17, 15) is 0 Å². The second-order valence-electron chi connectivity index (χ2n) is 5.66. The van der Waals surface area contributed by atoms with Crippen LogP contribution >= 0.6 is 0 Å². The van der Waals surface area contributed by atoms with Gasteiger partial charge < -0.3 is 15.5 Å². The molecule has 2 aliphatic rings. The van der Waals surface area contributed by atoms with Crippen LogP contribution in [-0.2, 0) is 0 Å². The number of hydrogen-bond acceptors (Lipinski definition) is 3. The lowest BCUT2D eigenvalue weighted by molar-refractivity contribution is 0.183. The molecule has 2 aliphatic heterocycles. The van der Waals surface area contributed by atoms with E-state index in [0.717, 1.165) is 12.1 Å². The molecule has 0 saturated carbocycles. The minimum atomic E-state index is 0.781. The third kappa shape index (κ3) is 4.57. The maximum atomic E-state index is 3.87. The van der Waals surface area contributed by atoms with Crippen molar-refractivity contribution in [3.63, 3.8) is 0 Å². The molecule has 2 fully saturated rings. The molecule has 2 saturated heterocycles. The van der Waals surface area contributed by atoms with Gasteiger partial charge >= 0.3 is 0 Å². The normalized spacial score (nSPS) is 25.2. The van der Waals surface area contributed by atoms with E-state index >= 15 is 0 Å². The molecule has 3 heteroatoms. The lowest BCUT2D eigenvalue weighted by Crippen LogP contribution is -2.49. The summed E-state index contributed by atoms with van der Waals surface area (Å²) >= 11 is 0. The van der Waals surface area contributed by atoms with Gasteiger partial charge in [-0.1, -0.05) is 13.3 Å². The molecule has 2 rings (SSSR count). The van der Waals surface area contributed by atoms with E-state index in [1.165, 1.54) is 71.2 Å². The van der Waals surface area contributed by atoms with Gasteiger partial charge in [0.1, 0.15) is 0 Å². The zero-order valence-corrected chi connectivity index (χ0v) is 11.4. The molecule has 0 unspecified atom stereocenters. The van der Waals surface area contributed by atoms with Crippen molar-refractivity contribution in [2.45, 2.75) is 57.5 Å². The van der Waals surface area contributed by atoms with Gasteiger partial charge in [0.25, 0.3) is 0 Å². The van der Waals surface area contributed by atoms with Gasteiger partial charge in [0, 0.05) is 12.1 Å². The first-order valence-corrected chi connectivity index (χ1v) is 7.57. The van der Waals surface area contributed by atoms with Crippen molar-refractivity contribution in [3.05, 3.63) is 0 Å².